The first-order chi connectivity index (χ1) is 14.6. The molecule has 4 atom stereocenters. The van der Waals surface area contributed by atoms with Crippen LogP contribution in [0.4, 0.5) is 0 Å². The van der Waals surface area contributed by atoms with Gasteiger partial charge in [0.05, 0.1) is 11.7 Å². The number of ether oxygens (including phenoxy) is 3. The molecule has 5 nitrogen and oxygen atoms in total. The number of halogens is 1. The lowest BCUT2D eigenvalue weighted by Gasteiger charge is -2.25. The Kier molecular flexibility index (Phi) is 9.26. The van der Waals surface area contributed by atoms with Crippen molar-refractivity contribution < 1.29 is 23.8 Å². The molecule has 0 amide bonds. The number of cyclic esters (lactones) is 1. The summed E-state index contributed by atoms with van der Waals surface area (Å²) in [7, 11) is 1.64. The van der Waals surface area contributed by atoms with E-state index in [1.54, 1.807) is 44.4 Å². The van der Waals surface area contributed by atoms with Crippen LogP contribution in [-0.4, -0.2) is 36.9 Å². The number of carbonyl (C=O) groups excluding carboxylic acids is 2. The molecule has 0 fully saturated rings. The number of rotatable bonds is 3. The first kappa shape index (κ1) is 25.1. The normalized spacial score (nSPS) is 27.7. The Labute approximate surface area is 193 Å². The number of hydrogen-bond donors (Lipinski definition) is 0. The van der Waals surface area contributed by atoms with Gasteiger partial charge < -0.3 is 14.2 Å². The van der Waals surface area contributed by atoms with Gasteiger partial charge in [-0.25, -0.2) is 9.59 Å². The second-order valence-corrected chi connectivity index (χ2v) is 8.99. The molecule has 31 heavy (non-hydrogen) atoms. The van der Waals surface area contributed by atoms with E-state index >= 15 is 0 Å². The van der Waals surface area contributed by atoms with Crippen molar-refractivity contribution in [3.63, 3.8) is 0 Å². The third-order valence-electron chi connectivity index (χ3n) is 5.44. The summed E-state index contributed by atoms with van der Waals surface area (Å²) in [5, 5.41) is 0. The molecule has 2 rings (SSSR count). The average molecular weight is 491 g/mol. The van der Waals surface area contributed by atoms with Crippen LogP contribution in [0.2, 0.25) is 0 Å². The predicted molar refractivity (Wildman–Crippen MR) is 125 cm³/mol. The number of carbonyl (C=O) groups is 2. The molecule has 0 N–H and O–H groups in total. The third-order valence-corrected chi connectivity index (χ3v) is 5.97. The van der Waals surface area contributed by atoms with Crippen molar-refractivity contribution in [2.45, 2.75) is 58.3 Å². The molecule has 6 heteroatoms. The molecule has 0 bridgehead atoms. The summed E-state index contributed by atoms with van der Waals surface area (Å²) in [6.45, 7) is 7.69. The molecule has 0 radical (unpaired) electrons. The van der Waals surface area contributed by atoms with E-state index in [-0.39, 0.29) is 18.1 Å². The van der Waals surface area contributed by atoms with Gasteiger partial charge >= 0.3 is 11.9 Å². The van der Waals surface area contributed by atoms with Gasteiger partial charge in [0, 0.05) is 17.7 Å². The predicted octanol–water partition coefficient (Wildman–Crippen LogP) is 5.80. The van der Waals surface area contributed by atoms with Crippen LogP contribution < -0.4 is 0 Å². The number of methoxy groups -OCH3 is 1. The van der Waals surface area contributed by atoms with Gasteiger partial charge in [-0.1, -0.05) is 35.0 Å². The van der Waals surface area contributed by atoms with Crippen molar-refractivity contribution in [3.8, 4) is 0 Å². The molecule has 0 saturated carbocycles. The van der Waals surface area contributed by atoms with Gasteiger partial charge in [0.2, 0.25) is 0 Å². The number of esters is 2. The Bertz CT molecular complexity index is 855. The van der Waals surface area contributed by atoms with Crippen LogP contribution in [0.5, 0.6) is 0 Å². The summed E-state index contributed by atoms with van der Waals surface area (Å²) in [5.41, 5.74) is 0.312. The second-order valence-electron chi connectivity index (χ2n) is 8.07. The van der Waals surface area contributed by atoms with Crippen molar-refractivity contribution in [1.82, 2.24) is 0 Å². The summed E-state index contributed by atoms with van der Waals surface area (Å²) in [4.78, 5) is 25.1. The van der Waals surface area contributed by atoms with E-state index in [1.807, 2.05) is 19.9 Å². The Hall–Kier alpha value is -2.18. The van der Waals surface area contributed by atoms with Crippen LogP contribution in [0, 0.1) is 5.92 Å². The first-order valence-electron chi connectivity index (χ1n) is 10.4. The number of hydrogen-bond acceptors (Lipinski definition) is 5. The minimum Gasteiger partial charge on any atom is -0.459 e. The highest BCUT2D eigenvalue weighted by molar-refractivity contribution is 9.10. The molecule has 1 heterocycles. The Morgan fingerprint density at radius 3 is 2.52 bits per heavy atom. The summed E-state index contributed by atoms with van der Waals surface area (Å²) < 4.78 is 17.8. The maximum Gasteiger partial charge on any atom is 0.339 e. The molecule has 1 aromatic carbocycles. The Morgan fingerprint density at radius 1 is 1.19 bits per heavy atom. The van der Waals surface area contributed by atoms with E-state index in [1.165, 1.54) is 12.2 Å². The number of allylic oxidation sites excluding steroid dienone is 1. The SMILES string of the molecule is COC1C=CC(C)(OC(=O)c2ccc(Br)cc2)C=CC(=O)OC(C)C(C)CCC=C1C. The smallest absolute Gasteiger partial charge is 0.339 e. The average Bonchev–Trinajstić information content (AvgIpc) is 2.72. The fraction of sp³-hybridized carbons (Fsp3) is 0.440. The molecule has 168 valence electrons. The van der Waals surface area contributed by atoms with Gasteiger partial charge in [0.1, 0.15) is 11.7 Å². The van der Waals surface area contributed by atoms with Crippen LogP contribution >= 0.6 is 15.9 Å². The molecule has 0 aromatic heterocycles. The molecule has 4 unspecified atom stereocenters. The maximum atomic E-state index is 12.7. The molecule has 0 saturated heterocycles. The van der Waals surface area contributed by atoms with E-state index in [0.29, 0.717) is 5.56 Å². The van der Waals surface area contributed by atoms with E-state index in [9.17, 15) is 9.59 Å². The zero-order valence-corrected chi connectivity index (χ0v) is 20.3. The molecular weight excluding hydrogens is 460 g/mol. The molecule has 0 aliphatic carbocycles. The van der Waals surface area contributed by atoms with Gasteiger partial charge in [0.15, 0.2) is 0 Å². The van der Waals surface area contributed by atoms with E-state index in [2.05, 4.69) is 28.9 Å². The molecular formula is C25H31BrO5. The summed E-state index contributed by atoms with van der Waals surface area (Å²) in [6.07, 6.45) is 9.84. The van der Waals surface area contributed by atoms with Gasteiger partial charge in [-0.15, -0.1) is 0 Å². The number of benzene rings is 1. The van der Waals surface area contributed by atoms with Crippen LogP contribution in [-0.2, 0) is 19.0 Å². The fourth-order valence-corrected chi connectivity index (χ4v) is 3.42. The summed E-state index contributed by atoms with van der Waals surface area (Å²) in [5.74, 6) is -0.754. The van der Waals surface area contributed by atoms with E-state index < -0.39 is 17.5 Å². The maximum absolute atomic E-state index is 12.7. The third kappa shape index (κ3) is 7.78. The lowest BCUT2D eigenvalue weighted by Crippen LogP contribution is -2.29. The van der Waals surface area contributed by atoms with Crippen LogP contribution in [0.3, 0.4) is 0 Å². The minimum absolute atomic E-state index is 0.211. The summed E-state index contributed by atoms with van der Waals surface area (Å²) in [6, 6.07) is 6.89. The van der Waals surface area contributed by atoms with E-state index in [0.717, 1.165) is 22.9 Å². The first-order valence-corrected chi connectivity index (χ1v) is 11.2. The molecule has 1 aromatic rings. The quantitative estimate of drug-likeness (QED) is 0.395. The fourth-order valence-electron chi connectivity index (χ4n) is 3.16. The van der Waals surface area contributed by atoms with E-state index in [4.69, 9.17) is 14.2 Å². The van der Waals surface area contributed by atoms with Gasteiger partial charge in [-0.2, -0.15) is 0 Å². The van der Waals surface area contributed by atoms with Gasteiger partial charge in [0.25, 0.3) is 0 Å². The van der Waals surface area contributed by atoms with Crippen molar-refractivity contribution >= 4 is 27.9 Å². The van der Waals surface area contributed by atoms with Crippen LogP contribution in [0.25, 0.3) is 0 Å². The standard InChI is InChI=1S/C25H31BrO5/c1-17-7-6-8-18(2)22(29-5)13-15-25(4,16-14-23(27)30-19(17)3)31-24(28)20-9-11-21(26)12-10-20/h8-17,19,22H,6-7H2,1-5H3. The lowest BCUT2D eigenvalue weighted by atomic mass is 9.97. The highest BCUT2D eigenvalue weighted by atomic mass is 79.9. The minimum atomic E-state index is -1.17. The Morgan fingerprint density at radius 2 is 1.87 bits per heavy atom. The topological polar surface area (TPSA) is 61.8 Å². The molecule has 1 aliphatic heterocycles. The van der Waals surface area contributed by atoms with Crippen molar-refractivity contribution in [3.05, 3.63) is 70.3 Å². The summed E-state index contributed by atoms with van der Waals surface area (Å²) >= 11 is 3.36. The zero-order valence-electron chi connectivity index (χ0n) is 18.8. The van der Waals surface area contributed by atoms with Crippen molar-refractivity contribution in [2.75, 3.05) is 7.11 Å². The molecule has 1 aliphatic rings. The highest BCUT2D eigenvalue weighted by Crippen LogP contribution is 2.22. The monoisotopic (exact) mass is 490 g/mol. The second kappa shape index (κ2) is 11.4. The zero-order chi connectivity index (χ0) is 23.0. The van der Waals surface area contributed by atoms with Crippen molar-refractivity contribution in [1.29, 1.82) is 0 Å². The van der Waals surface area contributed by atoms with Gasteiger partial charge in [-0.3, -0.25) is 0 Å². The van der Waals surface area contributed by atoms with Crippen LogP contribution in [0.15, 0.2) is 64.7 Å². The molecule has 0 spiro atoms. The highest BCUT2D eigenvalue weighted by Gasteiger charge is 2.26. The van der Waals surface area contributed by atoms with Crippen LogP contribution in [0.1, 0.15) is 50.9 Å². The largest absolute Gasteiger partial charge is 0.459 e. The van der Waals surface area contributed by atoms with Gasteiger partial charge in [-0.05, 0) is 81.5 Å². The van der Waals surface area contributed by atoms with Crippen molar-refractivity contribution in [2.24, 2.45) is 5.92 Å². The Balaban J connectivity index is 2.36. The lowest BCUT2D eigenvalue weighted by molar-refractivity contribution is -0.144.